The van der Waals surface area contributed by atoms with Gasteiger partial charge in [-0.15, -0.1) is 0 Å². The van der Waals surface area contributed by atoms with Crippen molar-refractivity contribution < 1.29 is 14.8 Å². The second-order valence-electron chi connectivity index (χ2n) is 7.31. The Morgan fingerprint density at radius 1 is 1.25 bits per heavy atom. The van der Waals surface area contributed by atoms with E-state index in [0.29, 0.717) is 12.8 Å². The standard InChI is InChI=1S/C15H28N2O3/c1-8-15(9-2)12(19)16(11(18)13(3,4)5)10-14(6,7)17(15)20/h20H,8-10H2,1-7H3. The summed E-state index contributed by atoms with van der Waals surface area (Å²) >= 11 is 0. The number of hydrogen-bond donors (Lipinski definition) is 1. The number of amides is 2. The molecule has 0 saturated carbocycles. The number of piperazine rings is 1. The molecule has 5 heteroatoms. The molecule has 0 spiro atoms. The number of nitrogens with zero attached hydrogens (tertiary/aromatic N) is 2. The topological polar surface area (TPSA) is 60.9 Å². The van der Waals surface area contributed by atoms with Crippen molar-refractivity contribution in [2.24, 2.45) is 5.41 Å². The molecule has 1 saturated heterocycles. The maximum atomic E-state index is 12.8. The van der Waals surface area contributed by atoms with E-state index in [1.54, 1.807) is 20.8 Å². The Morgan fingerprint density at radius 3 is 2.05 bits per heavy atom. The highest BCUT2D eigenvalue weighted by Gasteiger charge is 2.56. The molecule has 2 amide bonds. The molecular formula is C15H28N2O3. The lowest BCUT2D eigenvalue weighted by Gasteiger charge is -2.54. The summed E-state index contributed by atoms with van der Waals surface area (Å²) in [5.41, 5.74) is -2.28. The fourth-order valence-electron chi connectivity index (χ4n) is 2.87. The van der Waals surface area contributed by atoms with Gasteiger partial charge in [-0.05, 0) is 26.7 Å². The van der Waals surface area contributed by atoms with E-state index in [2.05, 4.69) is 0 Å². The van der Waals surface area contributed by atoms with Crippen molar-refractivity contribution >= 4 is 11.8 Å². The molecule has 0 bridgehead atoms. The maximum Gasteiger partial charge on any atom is 0.252 e. The van der Waals surface area contributed by atoms with E-state index in [4.69, 9.17) is 0 Å². The summed E-state index contributed by atoms with van der Waals surface area (Å²) in [7, 11) is 0. The molecule has 1 aliphatic heterocycles. The van der Waals surface area contributed by atoms with Crippen LogP contribution in [0.25, 0.3) is 0 Å². The van der Waals surface area contributed by atoms with Crippen LogP contribution in [0.3, 0.4) is 0 Å². The average Bonchev–Trinajstić information content (AvgIpc) is 2.34. The minimum atomic E-state index is -1.01. The Bertz CT molecular complexity index is 406. The van der Waals surface area contributed by atoms with Crippen LogP contribution in [0, 0.1) is 5.41 Å². The van der Waals surface area contributed by atoms with Gasteiger partial charge in [-0.2, -0.15) is 5.06 Å². The van der Waals surface area contributed by atoms with Gasteiger partial charge in [0.25, 0.3) is 5.91 Å². The highest BCUT2D eigenvalue weighted by molar-refractivity contribution is 6.02. The van der Waals surface area contributed by atoms with E-state index in [0.717, 1.165) is 5.06 Å². The number of rotatable bonds is 2. The zero-order chi connectivity index (χ0) is 15.9. The smallest absolute Gasteiger partial charge is 0.252 e. The van der Waals surface area contributed by atoms with Crippen LogP contribution in [0.15, 0.2) is 0 Å². The molecule has 0 unspecified atom stereocenters. The fraction of sp³-hybridized carbons (Fsp3) is 0.867. The van der Waals surface area contributed by atoms with Crippen LogP contribution >= 0.6 is 0 Å². The van der Waals surface area contributed by atoms with Gasteiger partial charge in [0.2, 0.25) is 5.91 Å². The minimum absolute atomic E-state index is 0.185. The first-order chi connectivity index (χ1) is 8.94. The maximum absolute atomic E-state index is 12.8. The van der Waals surface area contributed by atoms with Crippen LogP contribution in [0.4, 0.5) is 0 Å². The van der Waals surface area contributed by atoms with Gasteiger partial charge >= 0.3 is 0 Å². The Kier molecular flexibility index (Phi) is 4.38. The summed E-state index contributed by atoms with van der Waals surface area (Å²) in [5, 5.41) is 11.7. The molecule has 0 aromatic rings. The van der Waals surface area contributed by atoms with Gasteiger partial charge in [-0.25, -0.2) is 0 Å². The zero-order valence-corrected chi connectivity index (χ0v) is 13.8. The predicted octanol–water partition coefficient (Wildman–Crippen LogP) is 2.43. The predicted molar refractivity (Wildman–Crippen MR) is 77.2 cm³/mol. The van der Waals surface area contributed by atoms with Gasteiger partial charge < -0.3 is 5.21 Å². The molecule has 0 radical (unpaired) electrons. The van der Waals surface area contributed by atoms with Gasteiger partial charge in [-0.3, -0.25) is 14.5 Å². The third-order valence-electron chi connectivity index (χ3n) is 4.22. The van der Waals surface area contributed by atoms with E-state index in [1.165, 1.54) is 4.90 Å². The molecule has 0 aliphatic carbocycles. The quantitative estimate of drug-likeness (QED) is 0.846. The second-order valence-corrected chi connectivity index (χ2v) is 7.31. The summed E-state index contributed by atoms with van der Waals surface area (Å²) in [5.74, 6) is -0.473. The second kappa shape index (κ2) is 5.11. The Balaban J connectivity index is 3.31. The van der Waals surface area contributed by atoms with Gasteiger partial charge in [0.15, 0.2) is 0 Å². The summed E-state index contributed by atoms with van der Waals surface area (Å²) in [6.45, 7) is 13.1. The van der Waals surface area contributed by atoms with E-state index in [9.17, 15) is 14.8 Å². The number of hydrogen-bond acceptors (Lipinski definition) is 4. The molecule has 5 nitrogen and oxygen atoms in total. The molecule has 20 heavy (non-hydrogen) atoms. The fourth-order valence-corrected chi connectivity index (χ4v) is 2.87. The molecule has 0 aromatic heterocycles. The lowest BCUT2D eigenvalue weighted by molar-refractivity contribution is -0.256. The molecule has 1 fully saturated rings. The van der Waals surface area contributed by atoms with Crippen molar-refractivity contribution in [3.05, 3.63) is 0 Å². The van der Waals surface area contributed by atoms with E-state index in [1.807, 2.05) is 27.7 Å². The van der Waals surface area contributed by atoms with Gasteiger partial charge in [0.05, 0.1) is 5.54 Å². The lowest BCUT2D eigenvalue weighted by atomic mass is 9.81. The van der Waals surface area contributed by atoms with Crippen LogP contribution in [0.1, 0.15) is 61.3 Å². The summed E-state index contributed by atoms with van der Waals surface area (Å²) in [4.78, 5) is 26.7. The normalized spacial score (nSPS) is 23.0. The first-order valence-corrected chi connectivity index (χ1v) is 7.29. The van der Waals surface area contributed by atoms with Crippen molar-refractivity contribution in [3.8, 4) is 0 Å². The van der Waals surface area contributed by atoms with Crippen LogP contribution in [0.5, 0.6) is 0 Å². The van der Waals surface area contributed by atoms with Crippen LogP contribution in [-0.4, -0.2) is 44.6 Å². The van der Waals surface area contributed by atoms with Crippen molar-refractivity contribution in [2.75, 3.05) is 6.54 Å². The molecule has 1 N–H and O–H groups in total. The molecular weight excluding hydrogens is 256 g/mol. The van der Waals surface area contributed by atoms with E-state index in [-0.39, 0.29) is 18.4 Å². The van der Waals surface area contributed by atoms with Gasteiger partial charge in [0.1, 0.15) is 5.54 Å². The number of carbonyl (C=O) groups is 2. The van der Waals surface area contributed by atoms with Crippen molar-refractivity contribution in [1.29, 1.82) is 0 Å². The van der Waals surface area contributed by atoms with E-state index < -0.39 is 16.5 Å². The Labute approximate surface area is 121 Å². The first-order valence-electron chi connectivity index (χ1n) is 7.29. The Morgan fingerprint density at radius 2 is 1.70 bits per heavy atom. The summed E-state index contributed by atoms with van der Waals surface area (Å²) in [6, 6.07) is 0. The van der Waals surface area contributed by atoms with Gasteiger partial charge in [-0.1, -0.05) is 34.6 Å². The first kappa shape index (κ1) is 17.1. The Hall–Kier alpha value is -0.940. The third-order valence-corrected chi connectivity index (χ3v) is 4.22. The van der Waals surface area contributed by atoms with Crippen LogP contribution in [-0.2, 0) is 9.59 Å². The molecule has 116 valence electrons. The highest BCUT2D eigenvalue weighted by Crippen LogP contribution is 2.37. The lowest BCUT2D eigenvalue weighted by Crippen LogP contribution is -2.73. The van der Waals surface area contributed by atoms with Crippen LogP contribution in [0.2, 0.25) is 0 Å². The van der Waals surface area contributed by atoms with Crippen molar-refractivity contribution in [2.45, 2.75) is 72.4 Å². The van der Waals surface area contributed by atoms with Gasteiger partial charge in [0, 0.05) is 12.0 Å². The molecule has 0 aromatic carbocycles. The van der Waals surface area contributed by atoms with E-state index >= 15 is 0 Å². The highest BCUT2D eigenvalue weighted by atomic mass is 16.5. The number of carbonyl (C=O) groups excluding carboxylic acids is 2. The largest absolute Gasteiger partial charge is 0.312 e. The molecule has 1 rings (SSSR count). The summed E-state index contributed by atoms with van der Waals surface area (Å²) in [6.07, 6.45) is 0.937. The molecule has 0 atom stereocenters. The van der Waals surface area contributed by atoms with Crippen molar-refractivity contribution in [3.63, 3.8) is 0 Å². The number of imide groups is 1. The SMILES string of the molecule is CCC1(CC)C(=O)N(C(=O)C(C)(C)C)CC(C)(C)N1O. The number of hydroxylamine groups is 2. The average molecular weight is 284 g/mol. The van der Waals surface area contributed by atoms with Crippen molar-refractivity contribution in [1.82, 2.24) is 9.96 Å². The third kappa shape index (κ3) is 2.49. The zero-order valence-electron chi connectivity index (χ0n) is 13.8. The van der Waals surface area contributed by atoms with Crippen LogP contribution < -0.4 is 0 Å². The molecule has 1 aliphatic rings. The monoisotopic (exact) mass is 284 g/mol. The summed E-state index contributed by atoms with van der Waals surface area (Å²) < 4.78 is 0. The minimum Gasteiger partial charge on any atom is -0.312 e. The molecule has 1 heterocycles.